The number of benzene rings is 2. The van der Waals surface area contributed by atoms with Crippen molar-refractivity contribution in [1.29, 1.82) is 0 Å². The van der Waals surface area contributed by atoms with Crippen molar-refractivity contribution in [1.82, 2.24) is 4.90 Å². The minimum atomic E-state index is -0.214. The van der Waals surface area contributed by atoms with Crippen molar-refractivity contribution in [2.75, 3.05) is 18.4 Å². The minimum absolute atomic E-state index is 0.00980. The molecule has 0 aromatic heterocycles. The molecule has 26 heavy (non-hydrogen) atoms. The molecule has 1 aliphatic heterocycles. The van der Waals surface area contributed by atoms with Crippen LogP contribution >= 0.6 is 0 Å². The van der Waals surface area contributed by atoms with Gasteiger partial charge in [-0.05, 0) is 54.6 Å². The molecule has 1 saturated heterocycles. The molecule has 0 aliphatic carbocycles. The van der Waals surface area contributed by atoms with Crippen molar-refractivity contribution in [2.24, 2.45) is 5.92 Å². The summed E-state index contributed by atoms with van der Waals surface area (Å²) in [4.78, 5) is 15.1. The summed E-state index contributed by atoms with van der Waals surface area (Å²) >= 11 is 0. The number of anilines is 1. The van der Waals surface area contributed by atoms with Gasteiger partial charge in [0.1, 0.15) is 5.82 Å². The molecular weight excluding hydrogens is 327 g/mol. The molecule has 2 aromatic rings. The van der Waals surface area contributed by atoms with E-state index in [0.29, 0.717) is 5.92 Å². The van der Waals surface area contributed by atoms with Crippen LogP contribution in [-0.4, -0.2) is 23.9 Å². The fraction of sp³-hybridized carbons (Fsp3) is 0.409. The number of rotatable bonds is 5. The summed E-state index contributed by atoms with van der Waals surface area (Å²) in [7, 11) is 0. The van der Waals surface area contributed by atoms with Gasteiger partial charge in [0.05, 0.1) is 5.92 Å². The van der Waals surface area contributed by atoms with Gasteiger partial charge in [-0.15, -0.1) is 0 Å². The second-order valence-electron chi connectivity index (χ2n) is 7.43. The lowest BCUT2D eigenvalue weighted by molar-refractivity contribution is -0.121. The summed E-state index contributed by atoms with van der Waals surface area (Å²) in [5, 5.41) is 3.14. The molecule has 0 spiro atoms. The smallest absolute Gasteiger partial charge is 0.228 e. The minimum Gasteiger partial charge on any atom is -0.326 e. The van der Waals surface area contributed by atoms with Crippen LogP contribution in [0.4, 0.5) is 10.1 Å². The third-order valence-corrected chi connectivity index (χ3v) is 5.04. The van der Waals surface area contributed by atoms with Crippen molar-refractivity contribution in [2.45, 2.75) is 39.2 Å². The zero-order valence-corrected chi connectivity index (χ0v) is 15.5. The average molecular weight is 354 g/mol. The third kappa shape index (κ3) is 4.70. The van der Waals surface area contributed by atoms with Crippen LogP contribution in [0.5, 0.6) is 0 Å². The number of carbonyl (C=O) groups excluding carboxylic acids is 1. The van der Waals surface area contributed by atoms with Crippen LogP contribution < -0.4 is 5.32 Å². The van der Waals surface area contributed by atoms with Crippen molar-refractivity contribution in [3.8, 4) is 0 Å². The molecule has 1 amide bonds. The zero-order chi connectivity index (χ0) is 18.5. The SMILES string of the molecule is CC(C)c1ccccc1NC(=O)[C@@H]1CCCN(Cc2ccc(F)cc2)C1. The number of nitrogens with zero attached hydrogens (tertiary/aromatic N) is 1. The van der Waals surface area contributed by atoms with Gasteiger partial charge in [-0.25, -0.2) is 4.39 Å². The Morgan fingerprint density at radius 2 is 1.92 bits per heavy atom. The predicted octanol–water partition coefficient (Wildman–Crippen LogP) is 4.80. The highest BCUT2D eigenvalue weighted by Crippen LogP contribution is 2.26. The first-order chi connectivity index (χ1) is 12.5. The number of likely N-dealkylation sites (tertiary alicyclic amines) is 1. The predicted molar refractivity (Wildman–Crippen MR) is 104 cm³/mol. The number of piperidine rings is 1. The van der Waals surface area contributed by atoms with Crippen LogP contribution in [-0.2, 0) is 11.3 Å². The van der Waals surface area contributed by atoms with Crippen LogP contribution in [0.15, 0.2) is 48.5 Å². The van der Waals surface area contributed by atoms with E-state index in [1.807, 2.05) is 30.3 Å². The summed E-state index contributed by atoms with van der Waals surface area (Å²) in [6.45, 7) is 6.75. The largest absolute Gasteiger partial charge is 0.326 e. The highest BCUT2D eigenvalue weighted by atomic mass is 19.1. The Morgan fingerprint density at radius 3 is 2.65 bits per heavy atom. The van der Waals surface area contributed by atoms with Gasteiger partial charge in [0, 0.05) is 18.8 Å². The summed E-state index contributed by atoms with van der Waals surface area (Å²) < 4.78 is 13.1. The molecule has 1 aliphatic rings. The van der Waals surface area contributed by atoms with Crippen molar-refractivity contribution in [3.63, 3.8) is 0 Å². The van der Waals surface area contributed by atoms with Gasteiger partial charge < -0.3 is 5.32 Å². The Bertz CT molecular complexity index is 742. The lowest BCUT2D eigenvalue weighted by Crippen LogP contribution is -2.40. The molecule has 0 radical (unpaired) electrons. The Balaban J connectivity index is 1.62. The first kappa shape index (κ1) is 18.6. The third-order valence-electron chi connectivity index (χ3n) is 5.04. The maximum Gasteiger partial charge on any atom is 0.228 e. The summed E-state index contributed by atoms with van der Waals surface area (Å²) in [6.07, 6.45) is 1.92. The van der Waals surface area contributed by atoms with E-state index >= 15 is 0 Å². The molecule has 1 N–H and O–H groups in total. The maximum absolute atomic E-state index is 13.1. The van der Waals surface area contributed by atoms with Crippen LogP contribution in [0.3, 0.4) is 0 Å². The Kier molecular flexibility index (Phi) is 6.04. The van der Waals surface area contributed by atoms with Crippen LogP contribution in [0.2, 0.25) is 0 Å². The number of hydrogen-bond donors (Lipinski definition) is 1. The Morgan fingerprint density at radius 1 is 1.19 bits per heavy atom. The first-order valence-corrected chi connectivity index (χ1v) is 9.39. The van der Waals surface area contributed by atoms with Gasteiger partial charge in [0.2, 0.25) is 5.91 Å². The lowest BCUT2D eigenvalue weighted by Gasteiger charge is -2.32. The Hall–Kier alpha value is -2.20. The number of amides is 1. The molecular formula is C22H27FN2O. The van der Waals surface area contributed by atoms with E-state index in [1.54, 1.807) is 0 Å². The summed E-state index contributed by atoms with van der Waals surface area (Å²) in [5.41, 5.74) is 3.17. The summed E-state index contributed by atoms with van der Waals surface area (Å²) in [6, 6.07) is 14.6. The number of hydrogen-bond acceptors (Lipinski definition) is 2. The molecule has 138 valence electrons. The fourth-order valence-corrected chi connectivity index (χ4v) is 3.61. The molecule has 3 nitrogen and oxygen atoms in total. The molecule has 1 atom stereocenters. The van der Waals surface area contributed by atoms with E-state index in [2.05, 4.69) is 30.1 Å². The zero-order valence-electron chi connectivity index (χ0n) is 15.5. The second-order valence-corrected chi connectivity index (χ2v) is 7.43. The molecule has 1 heterocycles. The van der Waals surface area contributed by atoms with Crippen LogP contribution in [0.25, 0.3) is 0 Å². The van der Waals surface area contributed by atoms with Gasteiger partial charge in [0.15, 0.2) is 0 Å². The molecule has 0 saturated carbocycles. The number of carbonyl (C=O) groups is 1. The molecule has 0 bridgehead atoms. The monoisotopic (exact) mass is 354 g/mol. The van der Waals surface area contributed by atoms with E-state index < -0.39 is 0 Å². The normalized spacial score (nSPS) is 18.1. The van der Waals surface area contributed by atoms with Crippen LogP contribution in [0.1, 0.15) is 43.7 Å². The standard InChI is InChI=1S/C22H27FN2O/c1-16(2)20-7-3-4-8-21(20)24-22(26)18-6-5-13-25(15-18)14-17-9-11-19(23)12-10-17/h3-4,7-12,16,18H,5-6,13-15H2,1-2H3,(H,24,26)/t18-/m1/s1. The molecule has 2 aromatic carbocycles. The quantitative estimate of drug-likeness (QED) is 0.836. The number of nitrogens with one attached hydrogen (secondary N) is 1. The van der Waals surface area contributed by atoms with Gasteiger partial charge in [-0.1, -0.05) is 44.2 Å². The lowest BCUT2D eigenvalue weighted by atomic mass is 9.95. The van der Waals surface area contributed by atoms with Crippen molar-refractivity contribution >= 4 is 11.6 Å². The summed E-state index contributed by atoms with van der Waals surface area (Å²) in [5.74, 6) is 0.243. The average Bonchev–Trinajstić information content (AvgIpc) is 2.64. The molecule has 1 fully saturated rings. The molecule has 4 heteroatoms. The number of halogens is 1. The Labute approximate surface area is 155 Å². The van der Waals surface area contributed by atoms with E-state index in [9.17, 15) is 9.18 Å². The highest BCUT2D eigenvalue weighted by Gasteiger charge is 2.26. The number of para-hydroxylation sites is 1. The van der Waals surface area contributed by atoms with E-state index in [1.165, 1.54) is 17.7 Å². The van der Waals surface area contributed by atoms with Gasteiger partial charge in [-0.3, -0.25) is 9.69 Å². The highest BCUT2D eigenvalue weighted by molar-refractivity contribution is 5.93. The maximum atomic E-state index is 13.1. The van der Waals surface area contributed by atoms with Gasteiger partial charge in [-0.2, -0.15) is 0 Å². The fourth-order valence-electron chi connectivity index (χ4n) is 3.61. The van der Waals surface area contributed by atoms with Crippen molar-refractivity contribution < 1.29 is 9.18 Å². The van der Waals surface area contributed by atoms with E-state index in [4.69, 9.17) is 0 Å². The second kappa shape index (κ2) is 8.45. The van der Waals surface area contributed by atoms with Crippen LogP contribution in [0, 0.1) is 11.7 Å². The van der Waals surface area contributed by atoms with Gasteiger partial charge >= 0.3 is 0 Å². The van der Waals surface area contributed by atoms with Gasteiger partial charge in [0.25, 0.3) is 0 Å². The molecule has 3 rings (SSSR count). The van der Waals surface area contributed by atoms with E-state index in [-0.39, 0.29) is 17.6 Å². The topological polar surface area (TPSA) is 32.3 Å². The van der Waals surface area contributed by atoms with Crippen molar-refractivity contribution in [3.05, 3.63) is 65.5 Å². The molecule has 0 unspecified atom stereocenters. The van der Waals surface area contributed by atoms with E-state index in [0.717, 1.165) is 43.7 Å². The first-order valence-electron chi connectivity index (χ1n) is 9.39.